The Bertz CT molecular complexity index is 849. The predicted molar refractivity (Wildman–Crippen MR) is 114 cm³/mol. The maximum Gasteiger partial charge on any atom is 0.341 e. The zero-order chi connectivity index (χ0) is 21.2. The number of rotatable bonds is 9. The van der Waals surface area contributed by atoms with Crippen LogP contribution >= 0.6 is 0 Å². The zero-order valence-electron chi connectivity index (χ0n) is 17.0. The van der Waals surface area contributed by atoms with Crippen molar-refractivity contribution in [1.29, 1.82) is 0 Å². The van der Waals surface area contributed by atoms with Gasteiger partial charge in [0.15, 0.2) is 6.10 Å². The van der Waals surface area contributed by atoms with E-state index in [0.717, 1.165) is 19.4 Å². The molecule has 0 fully saturated rings. The number of para-hydroxylation sites is 1. The van der Waals surface area contributed by atoms with Crippen molar-refractivity contribution in [3.05, 3.63) is 54.1 Å². The highest BCUT2D eigenvalue weighted by Gasteiger charge is 2.20. The van der Waals surface area contributed by atoms with Crippen LogP contribution in [0.3, 0.4) is 0 Å². The number of nitrogens with one attached hydrogen (secondary N) is 3. The van der Waals surface area contributed by atoms with Gasteiger partial charge in [0.2, 0.25) is 5.91 Å². The molecule has 0 unspecified atom stereocenters. The second kappa shape index (κ2) is 10.8. The molecule has 7 heteroatoms. The van der Waals surface area contributed by atoms with E-state index in [9.17, 15) is 14.4 Å². The summed E-state index contributed by atoms with van der Waals surface area (Å²) < 4.78 is 5.35. The molecule has 2 aromatic rings. The second-order valence-corrected chi connectivity index (χ2v) is 6.62. The number of benzene rings is 2. The van der Waals surface area contributed by atoms with Gasteiger partial charge in [-0.1, -0.05) is 25.5 Å². The van der Waals surface area contributed by atoms with Crippen LogP contribution in [-0.4, -0.2) is 30.4 Å². The average molecular weight is 397 g/mol. The van der Waals surface area contributed by atoms with Gasteiger partial charge in [-0.2, -0.15) is 0 Å². The van der Waals surface area contributed by atoms with Gasteiger partial charge in [0.05, 0.1) is 5.56 Å². The lowest BCUT2D eigenvalue weighted by Gasteiger charge is -2.16. The molecule has 0 aliphatic rings. The van der Waals surface area contributed by atoms with Crippen molar-refractivity contribution in [1.82, 2.24) is 0 Å². The van der Waals surface area contributed by atoms with Crippen molar-refractivity contribution in [2.75, 3.05) is 22.5 Å². The Morgan fingerprint density at radius 3 is 2.21 bits per heavy atom. The molecule has 29 heavy (non-hydrogen) atoms. The third-order valence-electron chi connectivity index (χ3n) is 4.12. The van der Waals surface area contributed by atoms with Gasteiger partial charge in [-0.05, 0) is 49.7 Å². The fraction of sp³-hybridized carbons (Fsp3) is 0.318. The van der Waals surface area contributed by atoms with Crippen LogP contribution in [0.4, 0.5) is 17.1 Å². The largest absolute Gasteiger partial charge is 0.449 e. The minimum atomic E-state index is -0.971. The molecule has 2 aromatic carbocycles. The van der Waals surface area contributed by atoms with Crippen molar-refractivity contribution < 1.29 is 19.1 Å². The Balaban J connectivity index is 1.95. The van der Waals surface area contributed by atoms with E-state index in [2.05, 4.69) is 22.9 Å². The van der Waals surface area contributed by atoms with E-state index in [0.29, 0.717) is 22.6 Å². The number of carbonyl (C=O) groups is 3. The van der Waals surface area contributed by atoms with Crippen LogP contribution in [0.1, 0.15) is 44.0 Å². The van der Waals surface area contributed by atoms with Crippen LogP contribution in [0.15, 0.2) is 48.5 Å². The zero-order valence-corrected chi connectivity index (χ0v) is 17.0. The number of ether oxygens (including phenoxy) is 1. The summed E-state index contributed by atoms with van der Waals surface area (Å²) in [5, 5.41) is 8.56. The Labute approximate surface area is 170 Å². The van der Waals surface area contributed by atoms with Gasteiger partial charge in [0.25, 0.3) is 5.91 Å². The Morgan fingerprint density at radius 2 is 1.59 bits per heavy atom. The first-order valence-corrected chi connectivity index (χ1v) is 9.63. The van der Waals surface area contributed by atoms with E-state index >= 15 is 0 Å². The van der Waals surface area contributed by atoms with Crippen molar-refractivity contribution in [2.45, 2.75) is 39.7 Å². The molecule has 0 aromatic heterocycles. The van der Waals surface area contributed by atoms with Gasteiger partial charge in [0.1, 0.15) is 0 Å². The van der Waals surface area contributed by atoms with Crippen molar-refractivity contribution in [2.24, 2.45) is 0 Å². The summed E-state index contributed by atoms with van der Waals surface area (Å²) in [4.78, 5) is 35.9. The van der Waals surface area contributed by atoms with E-state index in [1.165, 1.54) is 13.8 Å². The smallest absolute Gasteiger partial charge is 0.341 e. The summed E-state index contributed by atoms with van der Waals surface area (Å²) >= 11 is 0. The number of unbranched alkanes of at least 4 members (excludes halogenated alkanes) is 1. The minimum absolute atomic E-state index is 0.174. The van der Waals surface area contributed by atoms with Gasteiger partial charge < -0.3 is 20.7 Å². The lowest BCUT2D eigenvalue weighted by atomic mass is 10.1. The van der Waals surface area contributed by atoms with E-state index in [4.69, 9.17) is 4.74 Å². The second-order valence-electron chi connectivity index (χ2n) is 6.62. The van der Waals surface area contributed by atoms with Crippen LogP contribution in [0, 0.1) is 0 Å². The van der Waals surface area contributed by atoms with Gasteiger partial charge in [-0.3, -0.25) is 9.59 Å². The third-order valence-corrected chi connectivity index (χ3v) is 4.12. The van der Waals surface area contributed by atoms with Crippen LogP contribution in [0.5, 0.6) is 0 Å². The summed E-state index contributed by atoms with van der Waals surface area (Å²) in [5.41, 5.74) is 2.24. The Kier molecular flexibility index (Phi) is 8.21. The highest BCUT2D eigenvalue weighted by molar-refractivity contribution is 6.00. The van der Waals surface area contributed by atoms with Gasteiger partial charge in [0, 0.05) is 30.5 Å². The number of amides is 2. The maximum absolute atomic E-state index is 12.5. The standard InChI is InChI=1S/C22H27N3O4/c1-4-5-14-23-20-9-7-6-8-19(20)22(28)29-15(2)21(27)25-18-12-10-17(11-13-18)24-16(3)26/h6-13,15,23H,4-5,14H2,1-3H3,(H,24,26)(H,25,27)/t15-/m0/s1. The van der Waals surface area contributed by atoms with E-state index < -0.39 is 18.0 Å². The van der Waals surface area contributed by atoms with Crippen molar-refractivity contribution >= 4 is 34.8 Å². The predicted octanol–water partition coefficient (Wildman–Crippen LogP) is 4.04. The number of hydrogen-bond acceptors (Lipinski definition) is 5. The summed E-state index contributed by atoms with van der Waals surface area (Å²) in [6, 6.07) is 13.7. The van der Waals surface area contributed by atoms with Crippen LogP contribution in [-0.2, 0) is 14.3 Å². The monoisotopic (exact) mass is 397 g/mol. The molecule has 0 aliphatic carbocycles. The first kappa shape index (κ1) is 21.9. The highest BCUT2D eigenvalue weighted by atomic mass is 16.5. The van der Waals surface area contributed by atoms with E-state index in [1.807, 2.05) is 12.1 Å². The lowest BCUT2D eigenvalue weighted by Crippen LogP contribution is -2.30. The molecule has 0 heterocycles. The molecule has 0 spiro atoms. The first-order chi connectivity index (χ1) is 13.9. The minimum Gasteiger partial charge on any atom is -0.449 e. The summed E-state index contributed by atoms with van der Waals surface area (Å²) in [6.45, 7) is 5.79. The average Bonchev–Trinajstić information content (AvgIpc) is 2.69. The number of anilines is 3. The normalized spacial score (nSPS) is 11.3. The molecule has 7 nitrogen and oxygen atoms in total. The lowest BCUT2D eigenvalue weighted by molar-refractivity contribution is -0.123. The SMILES string of the molecule is CCCCNc1ccccc1C(=O)O[C@@H](C)C(=O)Nc1ccc(NC(C)=O)cc1. The summed E-state index contributed by atoms with van der Waals surface area (Å²) in [5.74, 6) is -1.18. The van der Waals surface area contributed by atoms with Crippen molar-refractivity contribution in [3.8, 4) is 0 Å². The molecule has 154 valence electrons. The topological polar surface area (TPSA) is 96.5 Å². The maximum atomic E-state index is 12.5. The van der Waals surface area contributed by atoms with Crippen LogP contribution in [0.2, 0.25) is 0 Å². The van der Waals surface area contributed by atoms with Crippen LogP contribution in [0.25, 0.3) is 0 Å². The number of esters is 1. The molecule has 0 bridgehead atoms. The number of hydrogen-bond donors (Lipinski definition) is 3. The molecule has 2 amide bonds. The first-order valence-electron chi connectivity index (χ1n) is 9.63. The Hall–Kier alpha value is -3.35. The van der Waals surface area contributed by atoms with E-state index in [1.54, 1.807) is 36.4 Å². The molecule has 2 rings (SSSR count). The van der Waals surface area contributed by atoms with Gasteiger partial charge in [-0.15, -0.1) is 0 Å². The molecule has 0 radical (unpaired) electrons. The summed E-state index contributed by atoms with van der Waals surface area (Å²) in [6.07, 6.45) is 1.06. The molecule has 1 atom stereocenters. The third kappa shape index (κ3) is 6.95. The molecule has 0 saturated heterocycles. The van der Waals surface area contributed by atoms with Crippen LogP contribution < -0.4 is 16.0 Å². The summed E-state index contributed by atoms with van der Waals surface area (Å²) in [7, 11) is 0. The van der Waals surface area contributed by atoms with E-state index in [-0.39, 0.29) is 5.91 Å². The fourth-order valence-electron chi connectivity index (χ4n) is 2.58. The molecular weight excluding hydrogens is 370 g/mol. The molecule has 0 aliphatic heterocycles. The Morgan fingerprint density at radius 1 is 0.966 bits per heavy atom. The molecular formula is C22H27N3O4. The fourth-order valence-corrected chi connectivity index (χ4v) is 2.58. The highest BCUT2D eigenvalue weighted by Crippen LogP contribution is 2.18. The molecule has 0 saturated carbocycles. The van der Waals surface area contributed by atoms with Crippen molar-refractivity contribution in [3.63, 3.8) is 0 Å². The quantitative estimate of drug-likeness (QED) is 0.438. The molecule has 3 N–H and O–H groups in total. The van der Waals surface area contributed by atoms with Gasteiger partial charge >= 0.3 is 5.97 Å². The van der Waals surface area contributed by atoms with Gasteiger partial charge in [-0.25, -0.2) is 4.79 Å². The number of carbonyl (C=O) groups excluding carboxylic acids is 3.